The second-order valence-corrected chi connectivity index (χ2v) is 10.5. The summed E-state index contributed by atoms with van der Waals surface area (Å²) in [7, 11) is 0. The van der Waals surface area contributed by atoms with E-state index >= 15 is 0 Å². The van der Waals surface area contributed by atoms with E-state index in [1.807, 2.05) is 29.6 Å². The Bertz CT molecular complexity index is 1040. The molecule has 0 bridgehead atoms. The standard InChI is InChI=1S/C24H28ClN3OS2/c1-4-27-10-12-28(13-11-27)22(18-7-5-8-19(25)15-18)21-16(2)17(3)31-24(21)26-23(29)20-9-6-14-30-20/h5-9,14-15,22H,4,10-13H2,1-3H3,(H,26,29)/t22-/m1/s1. The van der Waals surface area contributed by atoms with Gasteiger partial charge in [-0.05, 0) is 55.1 Å². The molecular weight excluding hydrogens is 446 g/mol. The molecule has 4 rings (SSSR count). The van der Waals surface area contributed by atoms with Crippen LogP contribution in [0, 0.1) is 13.8 Å². The van der Waals surface area contributed by atoms with E-state index in [4.69, 9.17) is 11.6 Å². The van der Waals surface area contributed by atoms with Gasteiger partial charge in [0.15, 0.2) is 0 Å². The molecule has 1 atom stereocenters. The third kappa shape index (κ3) is 4.89. The lowest BCUT2D eigenvalue weighted by Crippen LogP contribution is -2.47. The van der Waals surface area contributed by atoms with Gasteiger partial charge in [-0.15, -0.1) is 22.7 Å². The number of nitrogens with zero attached hydrogens (tertiary/aromatic N) is 2. The van der Waals surface area contributed by atoms with E-state index in [-0.39, 0.29) is 11.9 Å². The number of amides is 1. The maximum atomic E-state index is 12.9. The number of carbonyl (C=O) groups excluding carboxylic acids is 1. The Kier molecular flexibility index (Phi) is 7.14. The van der Waals surface area contributed by atoms with E-state index in [0.29, 0.717) is 0 Å². The lowest BCUT2D eigenvalue weighted by Gasteiger charge is -2.39. The molecule has 31 heavy (non-hydrogen) atoms. The molecule has 2 aromatic heterocycles. The summed E-state index contributed by atoms with van der Waals surface area (Å²) in [5.41, 5.74) is 3.61. The first kappa shape index (κ1) is 22.5. The van der Waals surface area contributed by atoms with Crippen LogP contribution in [0.5, 0.6) is 0 Å². The predicted molar refractivity (Wildman–Crippen MR) is 133 cm³/mol. The van der Waals surface area contributed by atoms with Crippen molar-refractivity contribution >= 4 is 45.2 Å². The van der Waals surface area contributed by atoms with Crippen LogP contribution in [0.4, 0.5) is 5.00 Å². The molecule has 0 spiro atoms. The predicted octanol–water partition coefficient (Wildman–Crippen LogP) is 6.06. The minimum Gasteiger partial charge on any atom is -0.313 e. The lowest BCUT2D eigenvalue weighted by atomic mass is 9.94. The van der Waals surface area contributed by atoms with Gasteiger partial charge in [-0.3, -0.25) is 9.69 Å². The van der Waals surface area contributed by atoms with Gasteiger partial charge in [-0.1, -0.05) is 36.7 Å². The van der Waals surface area contributed by atoms with Gasteiger partial charge in [0, 0.05) is 41.6 Å². The number of piperazine rings is 1. The van der Waals surface area contributed by atoms with Crippen molar-refractivity contribution in [1.29, 1.82) is 0 Å². The minimum atomic E-state index is -0.0434. The maximum Gasteiger partial charge on any atom is 0.266 e. The molecule has 1 amide bonds. The fraction of sp³-hybridized carbons (Fsp3) is 0.375. The van der Waals surface area contributed by atoms with Crippen molar-refractivity contribution in [2.45, 2.75) is 26.8 Å². The van der Waals surface area contributed by atoms with Gasteiger partial charge >= 0.3 is 0 Å². The Morgan fingerprint density at radius 2 is 1.94 bits per heavy atom. The molecule has 1 aliphatic heterocycles. The number of carbonyl (C=O) groups is 1. The molecule has 1 N–H and O–H groups in total. The number of nitrogens with one attached hydrogen (secondary N) is 1. The first-order valence-electron chi connectivity index (χ1n) is 10.6. The summed E-state index contributed by atoms with van der Waals surface area (Å²) >= 11 is 9.53. The number of aryl methyl sites for hydroxylation is 1. The van der Waals surface area contributed by atoms with Gasteiger partial charge in [-0.25, -0.2) is 0 Å². The van der Waals surface area contributed by atoms with Crippen molar-refractivity contribution in [3.63, 3.8) is 0 Å². The number of halogens is 1. The monoisotopic (exact) mass is 473 g/mol. The van der Waals surface area contributed by atoms with Crippen molar-refractivity contribution in [1.82, 2.24) is 9.80 Å². The first-order valence-corrected chi connectivity index (χ1v) is 12.7. The first-order chi connectivity index (χ1) is 15.0. The van der Waals surface area contributed by atoms with E-state index in [1.54, 1.807) is 11.3 Å². The Hall–Kier alpha value is -1.70. The summed E-state index contributed by atoms with van der Waals surface area (Å²) in [6.45, 7) is 11.7. The van der Waals surface area contributed by atoms with Crippen LogP contribution in [0.25, 0.3) is 0 Å². The molecule has 0 radical (unpaired) electrons. The number of hydrogen-bond acceptors (Lipinski definition) is 5. The largest absolute Gasteiger partial charge is 0.313 e. The van der Waals surface area contributed by atoms with Gasteiger partial charge in [0.2, 0.25) is 0 Å². The molecule has 164 valence electrons. The third-order valence-electron chi connectivity index (χ3n) is 6.06. The summed E-state index contributed by atoms with van der Waals surface area (Å²) in [5, 5.41) is 6.83. The van der Waals surface area contributed by atoms with Crippen LogP contribution in [0.2, 0.25) is 5.02 Å². The molecule has 0 aliphatic carbocycles. The second kappa shape index (κ2) is 9.84. The van der Waals surface area contributed by atoms with E-state index in [0.717, 1.165) is 47.6 Å². The quantitative estimate of drug-likeness (QED) is 0.472. The van der Waals surface area contributed by atoms with E-state index < -0.39 is 0 Å². The van der Waals surface area contributed by atoms with Crippen molar-refractivity contribution < 1.29 is 4.79 Å². The zero-order valence-corrected chi connectivity index (χ0v) is 20.5. The normalized spacial score (nSPS) is 16.4. The Labute approximate surface area is 197 Å². The zero-order valence-electron chi connectivity index (χ0n) is 18.2. The van der Waals surface area contributed by atoms with Gasteiger partial charge in [0.05, 0.1) is 10.9 Å². The molecule has 7 heteroatoms. The highest BCUT2D eigenvalue weighted by atomic mass is 35.5. The van der Waals surface area contributed by atoms with Crippen LogP contribution in [0.15, 0.2) is 41.8 Å². The molecule has 4 nitrogen and oxygen atoms in total. The highest BCUT2D eigenvalue weighted by Gasteiger charge is 2.31. The molecule has 1 aromatic carbocycles. The molecule has 0 saturated carbocycles. The van der Waals surface area contributed by atoms with Gasteiger partial charge in [0.25, 0.3) is 5.91 Å². The van der Waals surface area contributed by atoms with Crippen molar-refractivity contribution in [2.24, 2.45) is 0 Å². The summed E-state index contributed by atoms with van der Waals surface area (Å²) < 4.78 is 0. The number of benzene rings is 1. The van der Waals surface area contributed by atoms with Gasteiger partial charge in [-0.2, -0.15) is 0 Å². The fourth-order valence-corrected chi connectivity index (χ4v) is 6.12. The summed E-state index contributed by atoms with van der Waals surface area (Å²) in [4.78, 5) is 19.9. The molecule has 3 heterocycles. The Morgan fingerprint density at radius 3 is 2.58 bits per heavy atom. The molecule has 1 fully saturated rings. The van der Waals surface area contributed by atoms with Crippen LogP contribution < -0.4 is 5.32 Å². The van der Waals surface area contributed by atoms with E-state index in [9.17, 15) is 4.79 Å². The van der Waals surface area contributed by atoms with Crippen LogP contribution in [0.1, 0.15) is 44.2 Å². The van der Waals surface area contributed by atoms with Crippen molar-refractivity contribution in [3.05, 3.63) is 73.2 Å². The topological polar surface area (TPSA) is 35.6 Å². The van der Waals surface area contributed by atoms with Crippen LogP contribution in [0.3, 0.4) is 0 Å². The minimum absolute atomic E-state index is 0.0434. The molecular formula is C24H28ClN3OS2. The SMILES string of the molecule is CCN1CCN([C@H](c2cccc(Cl)c2)c2c(NC(=O)c3cccs3)sc(C)c2C)CC1. The lowest BCUT2D eigenvalue weighted by molar-refractivity contribution is 0.102. The maximum absolute atomic E-state index is 12.9. The third-order valence-corrected chi connectivity index (χ3v) is 8.30. The number of thiophene rings is 2. The second-order valence-electron chi connectivity index (χ2n) is 7.89. The number of hydrogen-bond donors (Lipinski definition) is 1. The molecule has 0 unspecified atom stereocenters. The Morgan fingerprint density at radius 1 is 1.16 bits per heavy atom. The Balaban J connectivity index is 1.75. The van der Waals surface area contributed by atoms with Crippen molar-refractivity contribution in [3.8, 4) is 0 Å². The highest BCUT2D eigenvalue weighted by Crippen LogP contribution is 2.43. The summed E-state index contributed by atoms with van der Waals surface area (Å²) in [5.74, 6) is -0.0434. The average Bonchev–Trinajstić information content (AvgIpc) is 3.39. The van der Waals surface area contributed by atoms with Gasteiger partial charge < -0.3 is 10.2 Å². The smallest absolute Gasteiger partial charge is 0.266 e. The molecule has 1 aliphatic rings. The van der Waals surface area contributed by atoms with Crippen LogP contribution >= 0.6 is 34.3 Å². The number of likely N-dealkylation sites (N-methyl/N-ethyl adjacent to an activating group) is 1. The zero-order chi connectivity index (χ0) is 22.0. The molecule has 1 saturated heterocycles. The number of anilines is 1. The van der Waals surface area contributed by atoms with Crippen LogP contribution in [-0.4, -0.2) is 48.4 Å². The highest BCUT2D eigenvalue weighted by molar-refractivity contribution is 7.17. The molecule has 3 aromatic rings. The van der Waals surface area contributed by atoms with E-state index in [1.165, 1.54) is 32.9 Å². The number of rotatable bonds is 6. The van der Waals surface area contributed by atoms with Crippen molar-refractivity contribution in [2.75, 3.05) is 38.0 Å². The average molecular weight is 474 g/mol. The van der Waals surface area contributed by atoms with E-state index in [2.05, 4.69) is 48.0 Å². The fourth-order valence-electron chi connectivity index (χ4n) is 4.21. The summed E-state index contributed by atoms with van der Waals surface area (Å²) in [6, 6.07) is 12.0. The summed E-state index contributed by atoms with van der Waals surface area (Å²) in [6.07, 6.45) is 0. The van der Waals surface area contributed by atoms with Crippen LogP contribution in [-0.2, 0) is 0 Å². The van der Waals surface area contributed by atoms with Gasteiger partial charge in [0.1, 0.15) is 5.00 Å².